The number of benzene rings is 1. The number of rotatable bonds is 3. The zero-order chi connectivity index (χ0) is 14.0. The van der Waals surface area contributed by atoms with Crippen molar-refractivity contribution in [2.24, 2.45) is 4.99 Å². The van der Waals surface area contributed by atoms with Gasteiger partial charge in [-0.25, -0.2) is 9.48 Å². The van der Waals surface area contributed by atoms with Gasteiger partial charge in [0.15, 0.2) is 0 Å². The molecule has 1 aromatic heterocycles. The first-order valence-electron chi connectivity index (χ1n) is 6.65. The summed E-state index contributed by atoms with van der Waals surface area (Å²) in [5.74, 6) is 0. The molecule has 102 valence electrons. The lowest BCUT2D eigenvalue weighted by atomic mass is 9.89. The third kappa shape index (κ3) is 2.23. The van der Waals surface area contributed by atoms with Gasteiger partial charge in [0.25, 0.3) is 0 Å². The molecule has 0 amide bonds. The van der Waals surface area contributed by atoms with Crippen molar-refractivity contribution in [2.75, 3.05) is 0 Å². The van der Waals surface area contributed by atoms with Crippen molar-refractivity contribution in [3.05, 3.63) is 46.7 Å². The standard InChI is InChI=1S/C15H14BrN3O/c16-14-7-10-18-19(14)13-5-3-12(4-6-13)15(17-11-20)8-1-2-9-15/h3-7,10H,1-2,8-9H2. The minimum atomic E-state index is -0.359. The highest BCUT2D eigenvalue weighted by molar-refractivity contribution is 9.10. The molecular weight excluding hydrogens is 318 g/mol. The van der Waals surface area contributed by atoms with Crippen molar-refractivity contribution in [3.63, 3.8) is 0 Å². The van der Waals surface area contributed by atoms with E-state index in [4.69, 9.17) is 0 Å². The van der Waals surface area contributed by atoms with Crippen LogP contribution in [0.5, 0.6) is 0 Å². The SMILES string of the molecule is O=C=NC1(c2ccc(-n3nccc3Br)cc2)CCCC1. The Morgan fingerprint density at radius 1 is 1.20 bits per heavy atom. The molecule has 4 nitrogen and oxygen atoms in total. The van der Waals surface area contributed by atoms with E-state index in [1.54, 1.807) is 12.3 Å². The summed E-state index contributed by atoms with van der Waals surface area (Å²) < 4.78 is 2.72. The zero-order valence-corrected chi connectivity index (χ0v) is 12.5. The quantitative estimate of drug-likeness (QED) is 0.635. The zero-order valence-electron chi connectivity index (χ0n) is 10.9. The van der Waals surface area contributed by atoms with Crippen LogP contribution in [-0.2, 0) is 10.3 Å². The molecule has 1 fully saturated rings. The molecule has 3 rings (SSSR count). The van der Waals surface area contributed by atoms with Crippen LogP contribution in [-0.4, -0.2) is 15.9 Å². The second kappa shape index (κ2) is 5.35. The largest absolute Gasteiger partial charge is 0.235 e. The Kier molecular flexibility index (Phi) is 3.55. The number of hydrogen-bond donors (Lipinski definition) is 0. The van der Waals surface area contributed by atoms with E-state index in [0.717, 1.165) is 41.5 Å². The summed E-state index contributed by atoms with van der Waals surface area (Å²) >= 11 is 3.45. The van der Waals surface area contributed by atoms with Crippen LogP contribution in [0, 0.1) is 0 Å². The van der Waals surface area contributed by atoms with Gasteiger partial charge in [-0.3, -0.25) is 0 Å². The Morgan fingerprint density at radius 3 is 2.45 bits per heavy atom. The van der Waals surface area contributed by atoms with E-state index >= 15 is 0 Å². The summed E-state index contributed by atoms with van der Waals surface area (Å²) in [6.45, 7) is 0. The predicted molar refractivity (Wildman–Crippen MR) is 79.5 cm³/mol. The normalized spacial score (nSPS) is 16.9. The molecule has 2 aromatic rings. The highest BCUT2D eigenvalue weighted by atomic mass is 79.9. The molecule has 20 heavy (non-hydrogen) atoms. The second-order valence-electron chi connectivity index (χ2n) is 5.05. The maximum absolute atomic E-state index is 10.7. The molecule has 0 spiro atoms. The molecule has 0 saturated heterocycles. The van der Waals surface area contributed by atoms with Gasteiger partial charge in [0.2, 0.25) is 6.08 Å². The molecule has 5 heteroatoms. The second-order valence-corrected chi connectivity index (χ2v) is 5.87. The van der Waals surface area contributed by atoms with Gasteiger partial charge in [-0.15, -0.1) is 0 Å². The van der Waals surface area contributed by atoms with Crippen molar-refractivity contribution >= 4 is 22.0 Å². The van der Waals surface area contributed by atoms with Crippen molar-refractivity contribution in [1.29, 1.82) is 0 Å². The Morgan fingerprint density at radius 2 is 1.90 bits per heavy atom. The lowest BCUT2D eigenvalue weighted by Crippen LogP contribution is -2.18. The van der Waals surface area contributed by atoms with Gasteiger partial charge in [-0.05, 0) is 52.5 Å². The fraction of sp³-hybridized carbons (Fsp3) is 0.333. The first-order valence-corrected chi connectivity index (χ1v) is 7.44. The highest BCUT2D eigenvalue weighted by Gasteiger charge is 2.35. The number of aliphatic imine (C=N–C) groups is 1. The fourth-order valence-corrected chi connectivity index (χ4v) is 3.32. The summed E-state index contributed by atoms with van der Waals surface area (Å²) in [6, 6.07) is 9.98. The molecule has 0 N–H and O–H groups in total. The third-order valence-electron chi connectivity index (χ3n) is 3.94. The summed E-state index contributed by atoms with van der Waals surface area (Å²) in [5.41, 5.74) is 1.71. The molecule has 0 atom stereocenters. The average molecular weight is 332 g/mol. The van der Waals surface area contributed by atoms with Crippen LogP contribution < -0.4 is 0 Å². The smallest absolute Gasteiger partial charge is 0.227 e. The molecule has 1 aromatic carbocycles. The van der Waals surface area contributed by atoms with Crippen LogP contribution in [0.3, 0.4) is 0 Å². The van der Waals surface area contributed by atoms with Crippen LogP contribution in [0.4, 0.5) is 0 Å². The summed E-state index contributed by atoms with van der Waals surface area (Å²) in [5, 5.41) is 4.25. The first kappa shape index (κ1) is 13.3. The van der Waals surface area contributed by atoms with E-state index in [0.29, 0.717) is 0 Å². The molecule has 0 radical (unpaired) electrons. The predicted octanol–water partition coefficient (Wildman–Crippen LogP) is 3.74. The Labute approximate surface area is 125 Å². The molecule has 0 unspecified atom stereocenters. The Balaban J connectivity index is 1.97. The van der Waals surface area contributed by atoms with Gasteiger partial charge < -0.3 is 0 Å². The van der Waals surface area contributed by atoms with Crippen LogP contribution >= 0.6 is 15.9 Å². The van der Waals surface area contributed by atoms with Gasteiger partial charge in [0, 0.05) is 0 Å². The van der Waals surface area contributed by atoms with Gasteiger partial charge in [0.05, 0.1) is 17.4 Å². The van der Waals surface area contributed by atoms with E-state index in [9.17, 15) is 4.79 Å². The number of hydrogen-bond acceptors (Lipinski definition) is 3. The van der Waals surface area contributed by atoms with E-state index in [-0.39, 0.29) is 5.54 Å². The molecule has 1 heterocycles. The minimum Gasteiger partial charge on any atom is -0.227 e. The van der Waals surface area contributed by atoms with Gasteiger partial charge in [-0.2, -0.15) is 10.1 Å². The van der Waals surface area contributed by atoms with Gasteiger partial charge >= 0.3 is 0 Å². The van der Waals surface area contributed by atoms with Crippen molar-refractivity contribution in [2.45, 2.75) is 31.2 Å². The van der Waals surface area contributed by atoms with E-state index in [1.165, 1.54) is 0 Å². The topological polar surface area (TPSA) is 47.2 Å². The molecule has 0 bridgehead atoms. The number of carbonyl (C=O) groups excluding carboxylic acids is 1. The first-order chi connectivity index (χ1) is 9.75. The van der Waals surface area contributed by atoms with Gasteiger partial charge in [0.1, 0.15) is 4.60 Å². The van der Waals surface area contributed by atoms with Crippen LogP contribution in [0.15, 0.2) is 46.1 Å². The van der Waals surface area contributed by atoms with Crippen LogP contribution in [0.1, 0.15) is 31.2 Å². The number of nitrogens with zero attached hydrogens (tertiary/aromatic N) is 3. The van der Waals surface area contributed by atoms with Gasteiger partial charge in [-0.1, -0.05) is 25.0 Å². The lowest BCUT2D eigenvalue weighted by Gasteiger charge is -2.23. The molecule has 0 aliphatic heterocycles. The highest BCUT2D eigenvalue weighted by Crippen LogP contribution is 2.42. The van der Waals surface area contributed by atoms with Crippen molar-refractivity contribution in [3.8, 4) is 5.69 Å². The maximum atomic E-state index is 10.7. The summed E-state index contributed by atoms with van der Waals surface area (Å²) in [4.78, 5) is 14.8. The molecular formula is C15H14BrN3O. The van der Waals surface area contributed by atoms with Crippen molar-refractivity contribution < 1.29 is 4.79 Å². The monoisotopic (exact) mass is 331 g/mol. The molecule has 1 aliphatic rings. The number of isocyanates is 1. The van der Waals surface area contributed by atoms with Crippen LogP contribution in [0.25, 0.3) is 5.69 Å². The van der Waals surface area contributed by atoms with Crippen molar-refractivity contribution in [1.82, 2.24) is 9.78 Å². The average Bonchev–Trinajstić information content (AvgIpc) is 3.09. The molecule has 1 saturated carbocycles. The lowest BCUT2D eigenvalue weighted by molar-refractivity contribution is 0.456. The van der Waals surface area contributed by atoms with E-state index in [2.05, 4.69) is 26.0 Å². The summed E-state index contributed by atoms with van der Waals surface area (Å²) in [7, 11) is 0. The number of halogens is 1. The van der Waals surface area contributed by atoms with E-state index in [1.807, 2.05) is 35.0 Å². The fourth-order valence-electron chi connectivity index (χ4n) is 2.90. The molecule has 1 aliphatic carbocycles. The van der Waals surface area contributed by atoms with E-state index < -0.39 is 0 Å². The Hall–Kier alpha value is -1.71. The van der Waals surface area contributed by atoms with Crippen LogP contribution in [0.2, 0.25) is 0 Å². The number of aromatic nitrogens is 2. The minimum absolute atomic E-state index is 0.359. The third-order valence-corrected chi connectivity index (χ3v) is 4.54. The Bertz CT molecular complexity index is 650. The summed E-state index contributed by atoms with van der Waals surface area (Å²) in [6.07, 6.45) is 7.56. The maximum Gasteiger partial charge on any atom is 0.235 e.